The Bertz CT molecular complexity index is 938. The smallest absolute Gasteiger partial charge is 0.127 e. The third-order valence-electron chi connectivity index (χ3n) is 4.98. The molecule has 1 unspecified atom stereocenters. The van der Waals surface area contributed by atoms with Gasteiger partial charge in [-0.1, -0.05) is 36.4 Å². The van der Waals surface area contributed by atoms with E-state index in [1.54, 1.807) is 49.4 Å². The van der Waals surface area contributed by atoms with Gasteiger partial charge in [-0.25, -0.2) is 0 Å². The maximum absolute atomic E-state index is 11.0. The van der Waals surface area contributed by atoms with E-state index in [4.69, 9.17) is 14.6 Å². The number of rotatable bonds is 12. The van der Waals surface area contributed by atoms with Crippen molar-refractivity contribution in [3.8, 4) is 11.5 Å². The van der Waals surface area contributed by atoms with Crippen molar-refractivity contribution < 1.29 is 40.1 Å². The molecular weight excluding hydrogens is 428 g/mol. The van der Waals surface area contributed by atoms with Crippen LogP contribution in [0.25, 0.3) is 11.6 Å². The van der Waals surface area contributed by atoms with Gasteiger partial charge in [0.1, 0.15) is 42.0 Å². The first kappa shape index (κ1) is 26.6. The van der Waals surface area contributed by atoms with Crippen molar-refractivity contribution in [3.63, 3.8) is 0 Å². The molecule has 5 atom stereocenters. The predicted octanol–water partition coefficient (Wildman–Crippen LogP) is 0.976. The second-order valence-corrected chi connectivity index (χ2v) is 7.27. The third-order valence-corrected chi connectivity index (χ3v) is 4.98. The van der Waals surface area contributed by atoms with Crippen LogP contribution in [0.2, 0.25) is 0 Å². The van der Waals surface area contributed by atoms with Crippen LogP contribution < -0.4 is 9.47 Å². The lowest BCUT2D eigenvalue weighted by Gasteiger charge is -2.29. The molecule has 8 nitrogen and oxygen atoms in total. The molecule has 8 heteroatoms. The minimum Gasteiger partial charge on any atom is -0.493 e. The van der Waals surface area contributed by atoms with Gasteiger partial charge in [0.25, 0.3) is 0 Å². The Morgan fingerprint density at radius 1 is 0.818 bits per heavy atom. The predicted molar refractivity (Wildman–Crippen MR) is 124 cm³/mol. The number of aliphatic hydroxyl groups is 6. The first-order valence-electron chi connectivity index (χ1n) is 10.8. The normalized spacial score (nSPS) is 15.5. The van der Waals surface area contributed by atoms with E-state index >= 15 is 0 Å². The van der Waals surface area contributed by atoms with E-state index in [2.05, 4.69) is 5.73 Å². The van der Waals surface area contributed by atoms with Crippen LogP contribution >= 0.6 is 0 Å². The molecule has 0 heterocycles. The second kappa shape index (κ2) is 13.1. The van der Waals surface area contributed by atoms with Crippen molar-refractivity contribution in [3.05, 3.63) is 65.4 Å². The Labute approximate surface area is 193 Å². The van der Waals surface area contributed by atoms with Crippen LogP contribution in [0.1, 0.15) is 25.0 Å². The zero-order valence-electron chi connectivity index (χ0n) is 18.7. The van der Waals surface area contributed by atoms with Gasteiger partial charge in [-0.05, 0) is 32.1 Å². The summed E-state index contributed by atoms with van der Waals surface area (Å²) in [5.74, 6) is 1.02. The number of para-hydroxylation sites is 2. The largest absolute Gasteiger partial charge is 0.493 e. The number of hydrogen-bond acceptors (Lipinski definition) is 8. The van der Waals surface area contributed by atoms with Gasteiger partial charge < -0.3 is 40.1 Å². The molecule has 0 radical (unpaired) electrons. The molecule has 33 heavy (non-hydrogen) atoms. The molecule has 2 aromatic rings. The van der Waals surface area contributed by atoms with Crippen molar-refractivity contribution in [2.24, 2.45) is 0 Å². The van der Waals surface area contributed by atoms with Crippen LogP contribution in [0, 0.1) is 0 Å². The van der Waals surface area contributed by atoms with E-state index in [9.17, 15) is 25.5 Å². The van der Waals surface area contributed by atoms with Crippen molar-refractivity contribution in [1.82, 2.24) is 0 Å². The highest BCUT2D eigenvalue weighted by molar-refractivity contribution is 5.76. The average Bonchev–Trinajstić information content (AvgIpc) is 2.84. The summed E-state index contributed by atoms with van der Waals surface area (Å²) in [6, 6.07) is 14.0. The van der Waals surface area contributed by atoms with Gasteiger partial charge >= 0.3 is 0 Å². The maximum atomic E-state index is 11.0. The summed E-state index contributed by atoms with van der Waals surface area (Å²) in [7, 11) is 0. The topological polar surface area (TPSA) is 140 Å². The molecule has 0 saturated carbocycles. The van der Waals surface area contributed by atoms with Crippen molar-refractivity contribution in [1.29, 1.82) is 0 Å². The Kier molecular flexibility index (Phi) is 10.6. The third kappa shape index (κ3) is 6.90. The Balaban J connectivity index is 2.58. The highest BCUT2D eigenvalue weighted by Crippen LogP contribution is 2.31. The molecule has 0 fully saturated rings. The first-order valence-corrected chi connectivity index (χ1v) is 10.8. The summed E-state index contributed by atoms with van der Waals surface area (Å²) < 4.78 is 11.3. The highest BCUT2D eigenvalue weighted by Gasteiger charge is 2.36. The fourth-order valence-corrected chi connectivity index (χ4v) is 3.23. The summed E-state index contributed by atoms with van der Waals surface area (Å²) in [4.78, 5) is 0. The van der Waals surface area contributed by atoms with Gasteiger partial charge in [-0.3, -0.25) is 0 Å². The number of aliphatic hydroxyl groups excluding tert-OH is 6. The van der Waals surface area contributed by atoms with Gasteiger partial charge in [0.15, 0.2) is 0 Å². The van der Waals surface area contributed by atoms with Crippen molar-refractivity contribution in [2.45, 2.75) is 44.4 Å². The molecule has 2 rings (SSSR count). The van der Waals surface area contributed by atoms with Gasteiger partial charge in [-0.15, -0.1) is 5.73 Å². The SMILES string of the molecule is CCOc1ccccc1C=C=C(c1ccccc1OCC)C(O)[C@@H](O)[C@@H](O)[C@H](O)[C@@H](O)CO. The van der Waals surface area contributed by atoms with Crippen LogP contribution in [-0.4, -0.2) is 81.0 Å². The van der Waals surface area contributed by atoms with E-state index in [0.717, 1.165) is 0 Å². The summed E-state index contributed by atoms with van der Waals surface area (Å²) in [6.45, 7) is 3.63. The van der Waals surface area contributed by atoms with Gasteiger partial charge in [0, 0.05) is 16.7 Å². The van der Waals surface area contributed by atoms with E-state index in [-0.39, 0.29) is 5.57 Å². The first-order chi connectivity index (χ1) is 15.8. The minimum atomic E-state index is -1.95. The number of hydrogen-bond donors (Lipinski definition) is 6. The summed E-state index contributed by atoms with van der Waals surface area (Å²) in [5, 5.41) is 60.5. The summed E-state index contributed by atoms with van der Waals surface area (Å²) in [6.07, 6.45) is -7.59. The Hall–Kier alpha value is -2.68. The van der Waals surface area contributed by atoms with Gasteiger partial charge in [0.2, 0.25) is 0 Å². The quantitative estimate of drug-likeness (QED) is 0.258. The molecule has 0 bridgehead atoms. The van der Waals surface area contributed by atoms with Crippen LogP contribution in [-0.2, 0) is 0 Å². The monoisotopic (exact) mass is 460 g/mol. The molecule has 6 N–H and O–H groups in total. The molecule has 0 spiro atoms. The van der Waals surface area contributed by atoms with E-state index in [0.29, 0.717) is 35.8 Å². The fourth-order valence-electron chi connectivity index (χ4n) is 3.23. The van der Waals surface area contributed by atoms with Crippen LogP contribution in [0.5, 0.6) is 11.5 Å². The molecule has 0 aromatic heterocycles. The fraction of sp³-hybridized carbons (Fsp3) is 0.400. The van der Waals surface area contributed by atoms with Gasteiger partial charge in [-0.2, -0.15) is 0 Å². The Morgan fingerprint density at radius 2 is 1.39 bits per heavy atom. The van der Waals surface area contributed by atoms with Gasteiger partial charge in [0.05, 0.1) is 19.8 Å². The molecule has 0 aliphatic rings. The summed E-state index contributed by atoms with van der Waals surface area (Å²) >= 11 is 0. The summed E-state index contributed by atoms with van der Waals surface area (Å²) in [5.41, 5.74) is 4.16. The van der Waals surface area contributed by atoms with Crippen molar-refractivity contribution >= 4 is 11.6 Å². The van der Waals surface area contributed by atoms with E-state index in [1.165, 1.54) is 0 Å². The molecule has 0 aliphatic carbocycles. The lowest BCUT2D eigenvalue weighted by molar-refractivity contribution is -0.131. The molecule has 2 aromatic carbocycles. The molecular formula is C25H32O8. The molecule has 0 saturated heterocycles. The minimum absolute atomic E-state index is 0.0857. The maximum Gasteiger partial charge on any atom is 0.127 e. The van der Waals surface area contributed by atoms with Crippen LogP contribution in [0.15, 0.2) is 54.3 Å². The highest BCUT2D eigenvalue weighted by atomic mass is 16.5. The van der Waals surface area contributed by atoms with E-state index in [1.807, 2.05) is 19.1 Å². The Morgan fingerprint density at radius 3 is 2.03 bits per heavy atom. The lowest BCUT2D eigenvalue weighted by atomic mass is 9.91. The molecule has 180 valence electrons. The number of benzene rings is 2. The lowest BCUT2D eigenvalue weighted by Crippen LogP contribution is -2.50. The number of ether oxygens (including phenoxy) is 2. The van der Waals surface area contributed by atoms with Crippen molar-refractivity contribution in [2.75, 3.05) is 19.8 Å². The van der Waals surface area contributed by atoms with Crippen LogP contribution in [0.4, 0.5) is 0 Å². The second-order valence-electron chi connectivity index (χ2n) is 7.27. The zero-order chi connectivity index (χ0) is 24.4. The zero-order valence-corrected chi connectivity index (χ0v) is 18.7. The molecule has 0 aliphatic heterocycles. The standard InChI is InChI=1S/C25H32O8/c1-3-32-20-11-7-5-9-16(20)13-14-18(17-10-6-8-12-21(17)33-4-2)22(28)24(30)25(31)23(29)19(27)15-26/h5-13,19,22-31H,3-4,15H2,1-2H3/t14?,19-,22?,23+,24+,25-/m0/s1. The average molecular weight is 461 g/mol. The van der Waals surface area contributed by atoms with E-state index < -0.39 is 37.1 Å². The molecule has 0 amide bonds. The van der Waals surface area contributed by atoms with Crippen LogP contribution in [0.3, 0.4) is 0 Å².